The normalized spacial score (nSPS) is 9.43. The van der Waals surface area contributed by atoms with E-state index >= 15 is 0 Å². The Labute approximate surface area is 50.8 Å². The number of hydrogen-bond donors (Lipinski definition) is 1. The summed E-state index contributed by atoms with van der Waals surface area (Å²) in [5, 5.41) is 2.89. The summed E-state index contributed by atoms with van der Waals surface area (Å²) in [6.45, 7) is 0.690. The molecule has 2 nitrogen and oxygen atoms in total. The second-order valence-electron chi connectivity index (χ2n) is 1.11. The zero-order valence-corrected chi connectivity index (χ0v) is 6.44. The molecule has 0 aromatic rings. The van der Waals surface area contributed by atoms with Crippen LogP contribution in [0.2, 0.25) is 5.82 Å². The molecule has 0 saturated carbocycles. The molecule has 44 valence electrons. The molecular weight excluding hydrogens is 157 g/mol. The minimum absolute atomic E-state index is 0.664. The third kappa shape index (κ3) is 6.44. The van der Waals surface area contributed by atoms with Gasteiger partial charge in [-0.15, -0.1) is 0 Å². The molecule has 0 aromatic heterocycles. The van der Waals surface area contributed by atoms with Gasteiger partial charge in [0.15, 0.2) is 0 Å². The van der Waals surface area contributed by atoms with Gasteiger partial charge in [-0.25, -0.2) is 0 Å². The van der Waals surface area contributed by atoms with Gasteiger partial charge in [-0.3, -0.25) is 0 Å². The molecule has 0 aliphatic carbocycles. The van der Waals surface area contributed by atoms with Crippen molar-refractivity contribution in [3.63, 3.8) is 0 Å². The summed E-state index contributed by atoms with van der Waals surface area (Å²) in [4.78, 5) is 0. The SMILES string of the molecule is CNCOC[Se]C. The van der Waals surface area contributed by atoms with E-state index in [-0.39, 0.29) is 0 Å². The van der Waals surface area contributed by atoms with Gasteiger partial charge < -0.3 is 0 Å². The van der Waals surface area contributed by atoms with Crippen LogP contribution in [-0.4, -0.2) is 34.2 Å². The van der Waals surface area contributed by atoms with Crippen LogP contribution in [0.3, 0.4) is 0 Å². The molecule has 0 bridgehead atoms. The molecule has 0 aliphatic heterocycles. The zero-order valence-electron chi connectivity index (χ0n) is 4.73. The fraction of sp³-hybridized carbons (Fsp3) is 1.00. The third-order valence-corrected chi connectivity index (χ3v) is 1.29. The number of rotatable bonds is 4. The molecule has 0 heterocycles. The maximum atomic E-state index is 5.05. The van der Waals surface area contributed by atoms with Crippen molar-refractivity contribution in [3.05, 3.63) is 0 Å². The molecule has 0 rings (SSSR count). The van der Waals surface area contributed by atoms with Gasteiger partial charge in [0.1, 0.15) is 0 Å². The number of nitrogens with one attached hydrogen (secondary N) is 1. The van der Waals surface area contributed by atoms with E-state index in [1.165, 1.54) is 0 Å². The van der Waals surface area contributed by atoms with E-state index in [4.69, 9.17) is 4.74 Å². The Morgan fingerprint density at radius 3 is 2.86 bits per heavy atom. The van der Waals surface area contributed by atoms with Crippen LogP contribution in [0, 0.1) is 0 Å². The predicted molar refractivity (Wildman–Crippen MR) is 31.5 cm³/mol. The van der Waals surface area contributed by atoms with E-state index in [1.807, 2.05) is 7.05 Å². The van der Waals surface area contributed by atoms with Gasteiger partial charge in [0.05, 0.1) is 0 Å². The summed E-state index contributed by atoms with van der Waals surface area (Å²) >= 11 is 0.664. The second-order valence-corrected chi connectivity index (χ2v) is 2.81. The molecule has 0 spiro atoms. The van der Waals surface area contributed by atoms with Crippen LogP contribution in [0.15, 0.2) is 0 Å². The summed E-state index contributed by atoms with van der Waals surface area (Å²) in [5.41, 5.74) is 0.924. The molecular formula is C4H11NOSe. The van der Waals surface area contributed by atoms with E-state index in [9.17, 15) is 0 Å². The van der Waals surface area contributed by atoms with Crippen molar-refractivity contribution in [1.82, 2.24) is 5.32 Å². The summed E-state index contributed by atoms with van der Waals surface area (Å²) in [6.07, 6.45) is 0. The van der Waals surface area contributed by atoms with Gasteiger partial charge in [-0.05, 0) is 0 Å². The Kier molecular flexibility index (Phi) is 6.84. The molecule has 0 unspecified atom stereocenters. The van der Waals surface area contributed by atoms with E-state index in [2.05, 4.69) is 11.1 Å². The van der Waals surface area contributed by atoms with Crippen molar-refractivity contribution in [2.24, 2.45) is 0 Å². The van der Waals surface area contributed by atoms with Crippen LogP contribution in [0.5, 0.6) is 0 Å². The molecule has 1 N–H and O–H groups in total. The van der Waals surface area contributed by atoms with Crippen molar-refractivity contribution < 1.29 is 4.74 Å². The average Bonchev–Trinajstić information content (AvgIpc) is 1.69. The van der Waals surface area contributed by atoms with E-state index in [1.54, 1.807) is 0 Å². The number of hydrogen-bond acceptors (Lipinski definition) is 2. The van der Waals surface area contributed by atoms with Crippen molar-refractivity contribution in [3.8, 4) is 0 Å². The van der Waals surface area contributed by atoms with E-state index in [0.717, 1.165) is 5.51 Å². The molecule has 3 heteroatoms. The Balaban J connectivity index is 2.45. The topological polar surface area (TPSA) is 21.3 Å². The summed E-state index contributed by atoms with van der Waals surface area (Å²) < 4.78 is 5.05. The van der Waals surface area contributed by atoms with Crippen LogP contribution in [0.4, 0.5) is 0 Å². The first kappa shape index (κ1) is 7.44. The molecule has 0 radical (unpaired) electrons. The Hall–Kier alpha value is 0.439. The molecule has 7 heavy (non-hydrogen) atoms. The Bertz CT molecular complexity index is 30.9. The second kappa shape index (κ2) is 6.44. The average molecular weight is 168 g/mol. The molecule has 0 amide bonds. The molecule has 0 aromatic carbocycles. The standard InChI is InChI=1S/C4H11NOSe/c1-5-3-6-4-7-2/h5H,3-4H2,1-2H3. The predicted octanol–water partition coefficient (Wildman–Crippen LogP) is -0.110. The fourth-order valence-electron chi connectivity index (χ4n) is 0.227. The van der Waals surface area contributed by atoms with Crippen LogP contribution >= 0.6 is 0 Å². The Morgan fingerprint density at radius 1 is 1.71 bits per heavy atom. The van der Waals surface area contributed by atoms with Crippen molar-refractivity contribution in [1.29, 1.82) is 0 Å². The Morgan fingerprint density at radius 2 is 2.43 bits per heavy atom. The van der Waals surface area contributed by atoms with E-state index < -0.39 is 0 Å². The van der Waals surface area contributed by atoms with Crippen molar-refractivity contribution in [2.75, 3.05) is 19.3 Å². The van der Waals surface area contributed by atoms with Gasteiger partial charge in [-0.1, -0.05) is 0 Å². The van der Waals surface area contributed by atoms with Gasteiger partial charge >= 0.3 is 50.1 Å². The van der Waals surface area contributed by atoms with Gasteiger partial charge in [0.2, 0.25) is 0 Å². The summed E-state index contributed by atoms with van der Waals surface area (Å²) in [7, 11) is 1.88. The quantitative estimate of drug-likeness (QED) is 0.359. The first-order chi connectivity index (χ1) is 3.41. The first-order valence-electron chi connectivity index (χ1n) is 2.13. The molecule has 0 atom stereocenters. The van der Waals surface area contributed by atoms with Gasteiger partial charge in [0.25, 0.3) is 0 Å². The van der Waals surface area contributed by atoms with Crippen molar-refractivity contribution in [2.45, 2.75) is 5.82 Å². The maximum absolute atomic E-state index is 5.05. The third-order valence-electron chi connectivity index (χ3n) is 0.448. The number of ether oxygens (including phenoxy) is 1. The molecule has 0 fully saturated rings. The fourth-order valence-corrected chi connectivity index (χ4v) is 0.752. The summed E-state index contributed by atoms with van der Waals surface area (Å²) in [5.74, 6) is 2.16. The van der Waals surface area contributed by atoms with Crippen LogP contribution < -0.4 is 5.32 Å². The first-order valence-corrected chi connectivity index (χ1v) is 5.05. The van der Waals surface area contributed by atoms with Crippen LogP contribution in [-0.2, 0) is 4.74 Å². The van der Waals surface area contributed by atoms with Gasteiger partial charge in [0, 0.05) is 0 Å². The minimum atomic E-state index is 0.664. The summed E-state index contributed by atoms with van der Waals surface area (Å²) in [6, 6.07) is 0. The van der Waals surface area contributed by atoms with Crippen LogP contribution in [0.25, 0.3) is 0 Å². The zero-order chi connectivity index (χ0) is 5.54. The van der Waals surface area contributed by atoms with Gasteiger partial charge in [-0.2, -0.15) is 0 Å². The van der Waals surface area contributed by atoms with Crippen molar-refractivity contribution >= 4 is 15.0 Å². The molecule has 0 aliphatic rings. The monoisotopic (exact) mass is 169 g/mol. The van der Waals surface area contributed by atoms with Crippen LogP contribution in [0.1, 0.15) is 0 Å². The van der Waals surface area contributed by atoms with E-state index in [0.29, 0.717) is 21.7 Å². The molecule has 0 saturated heterocycles.